The molecule has 1 unspecified atom stereocenters. The van der Waals surface area contributed by atoms with Crippen LogP contribution in [-0.4, -0.2) is 6.17 Å². The fraction of sp³-hybridized carbons (Fsp3) is 0.333. The van der Waals surface area contributed by atoms with E-state index in [-0.39, 0.29) is 0 Å². The second kappa shape index (κ2) is 2.64. The number of benzene rings is 1. The summed E-state index contributed by atoms with van der Waals surface area (Å²) in [5.74, 6) is 0.566. The molecule has 1 aromatic carbocycles. The van der Waals surface area contributed by atoms with E-state index in [1.165, 1.54) is 5.56 Å². The molecular formula is C9H12N2. The van der Waals surface area contributed by atoms with Crippen LogP contribution in [0.15, 0.2) is 30.3 Å². The van der Waals surface area contributed by atoms with E-state index in [9.17, 15) is 0 Å². The van der Waals surface area contributed by atoms with Gasteiger partial charge in [-0.05, 0) is 5.56 Å². The van der Waals surface area contributed by atoms with Crippen molar-refractivity contribution in [1.29, 1.82) is 0 Å². The molecule has 1 atom stereocenters. The van der Waals surface area contributed by atoms with Crippen LogP contribution < -0.4 is 10.9 Å². The fourth-order valence-corrected chi connectivity index (χ4v) is 1.25. The molecular weight excluding hydrogens is 136 g/mol. The van der Waals surface area contributed by atoms with E-state index < -0.39 is 0 Å². The highest BCUT2D eigenvalue weighted by Crippen LogP contribution is 2.20. The van der Waals surface area contributed by atoms with E-state index in [0.29, 0.717) is 12.1 Å². The molecule has 1 saturated heterocycles. The van der Waals surface area contributed by atoms with E-state index in [2.05, 4.69) is 42.0 Å². The second-order valence-corrected chi connectivity index (χ2v) is 2.97. The van der Waals surface area contributed by atoms with Gasteiger partial charge in [-0.1, -0.05) is 37.3 Å². The monoisotopic (exact) mass is 148 g/mol. The first-order valence-corrected chi connectivity index (χ1v) is 3.94. The van der Waals surface area contributed by atoms with Crippen molar-refractivity contribution in [2.24, 2.45) is 0 Å². The Balaban J connectivity index is 2.15. The van der Waals surface area contributed by atoms with Crippen molar-refractivity contribution in [3.8, 4) is 0 Å². The SMILES string of the molecule is CC(c1ccccc1)C1NN1. The lowest BCUT2D eigenvalue weighted by atomic mass is 10.0. The highest BCUT2D eigenvalue weighted by atomic mass is 15.6. The van der Waals surface area contributed by atoms with Crippen LogP contribution in [0.4, 0.5) is 0 Å². The van der Waals surface area contributed by atoms with Crippen molar-refractivity contribution < 1.29 is 0 Å². The molecule has 0 saturated carbocycles. The van der Waals surface area contributed by atoms with Crippen molar-refractivity contribution in [2.45, 2.75) is 19.0 Å². The van der Waals surface area contributed by atoms with Crippen molar-refractivity contribution in [3.05, 3.63) is 35.9 Å². The summed E-state index contributed by atoms with van der Waals surface area (Å²) < 4.78 is 0. The van der Waals surface area contributed by atoms with Crippen LogP contribution in [0.2, 0.25) is 0 Å². The summed E-state index contributed by atoms with van der Waals surface area (Å²) in [5, 5.41) is 0. The molecule has 1 heterocycles. The molecule has 0 amide bonds. The van der Waals surface area contributed by atoms with Gasteiger partial charge in [0.2, 0.25) is 0 Å². The van der Waals surface area contributed by atoms with Crippen LogP contribution in [-0.2, 0) is 0 Å². The van der Waals surface area contributed by atoms with E-state index >= 15 is 0 Å². The van der Waals surface area contributed by atoms with Gasteiger partial charge in [-0.25, -0.2) is 10.9 Å². The summed E-state index contributed by atoms with van der Waals surface area (Å²) in [7, 11) is 0. The topological polar surface area (TPSA) is 43.9 Å². The van der Waals surface area contributed by atoms with Crippen molar-refractivity contribution in [1.82, 2.24) is 10.9 Å². The molecule has 1 aromatic rings. The first kappa shape index (κ1) is 6.83. The molecule has 1 aliphatic rings. The largest absolute Gasteiger partial charge is 0.237 e. The average molecular weight is 148 g/mol. The van der Waals surface area contributed by atoms with Crippen molar-refractivity contribution >= 4 is 0 Å². The Labute approximate surface area is 66.6 Å². The number of rotatable bonds is 2. The van der Waals surface area contributed by atoms with Gasteiger partial charge in [0.1, 0.15) is 0 Å². The molecule has 58 valence electrons. The zero-order valence-electron chi connectivity index (χ0n) is 6.54. The lowest BCUT2D eigenvalue weighted by Crippen LogP contribution is -2.05. The Morgan fingerprint density at radius 1 is 1.18 bits per heavy atom. The third-order valence-electron chi connectivity index (χ3n) is 2.14. The molecule has 0 aromatic heterocycles. The molecule has 2 heteroatoms. The smallest absolute Gasteiger partial charge is 0.0898 e. The zero-order chi connectivity index (χ0) is 7.68. The number of hydrogen-bond donors (Lipinski definition) is 2. The van der Waals surface area contributed by atoms with Gasteiger partial charge >= 0.3 is 0 Å². The normalized spacial score (nSPS) is 19.7. The molecule has 11 heavy (non-hydrogen) atoms. The number of hydrazine groups is 1. The minimum Gasteiger partial charge on any atom is -0.237 e. The van der Waals surface area contributed by atoms with Crippen LogP contribution in [0.25, 0.3) is 0 Å². The first-order valence-electron chi connectivity index (χ1n) is 3.94. The molecule has 1 fully saturated rings. The predicted molar refractivity (Wildman–Crippen MR) is 44.9 cm³/mol. The van der Waals surface area contributed by atoms with Crippen molar-refractivity contribution in [3.63, 3.8) is 0 Å². The van der Waals surface area contributed by atoms with Gasteiger partial charge in [0.05, 0.1) is 6.17 Å². The Kier molecular flexibility index (Phi) is 1.64. The third-order valence-corrected chi connectivity index (χ3v) is 2.14. The van der Waals surface area contributed by atoms with Gasteiger partial charge in [0, 0.05) is 5.92 Å². The van der Waals surface area contributed by atoms with Gasteiger partial charge in [0.15, 0.2) is 0 Å². The summed E-state index contributed by atoms with van der Waals surface area (Å²) in [6.45, 7) is 2.22. The van der Waals surface area contributed by atoms with Crippen LogP contribution in [0.3, 0.4) is 0 Å². The van der Waals surface area contributed by atoms with Crippen LogP contribution in [0.5, 0.6) is 0 Å². The van der Waals surface area contributed by atoms with Gasteiger partial charge in [-0.2, -0.15) is 0 Å². The lowest BCUT2D eigenvalue weighted by Gasteiger charge is -2.06. The Morgan fingerprint density at radius 3 is 2.36 bits per heavy atom. The maximum atomic E-state index is 3.08. The molecule has 0 radical (unpaired) electrons. The predicted octanol–water partition coefficient (Wildman–Crippen LogP) is 1.22. The highest BCUT2D eigenvalue weighted by Gasteiger charge is 2.26. The third kappa shape index (κ3) is 1.42. The van der Waals surface area contributed by atoms with Crippen molar-refractivity contribution in [2.75, 3.05) is 0 Å². The molecule has 2 N–H and O–H groups in total. The zero-order valence-corrected chi connectivity index (χ0v) is 6.54. The maximum Gasteiger partial charge on any atom is 0.0898 e. The Bertz CT molecular complexity index is 229. The summed E-state index contributed by atoms with van der Waals surface area (Å²) >= 11 is 0. The van der Waals surface area contributed by atoms with E-state index in [1.54, 1.807) is 0 Å². The van der Waals surface area contributed by atoms with Gasteiger partial charge < -0.3 is 0 Å². The molecule has 2 nitrogen and oxygen atoms in total. The van der Waals surface area contributed by atoms with Gasteiger partial charge in [0.25, 0.3) is 0 Å². The van der Waals surface area contributed by atoms with E-state index in [4.69, 9.17) is 0 Å². The standard InChI is InChI=1S/C9H12N2/c1-7(9-10-11-9)8-5-3-2-4-6-8/h2-7,9-11H,1H3. The van der Waals surface area contributed by atoms with Gasteiger partial charge in [-0.15, -0.1) is 0 Å². The Morgan fingerprint density at radius 2 is 1.82 bits per heavy atom. The van der Waals surface area contributed by atoms with Crippen LogP contribution >= 0.6 is 0 Å². The molecule has 0 aliphatic carbocycles. The van der Waals surface area contributed by atoms with E-state index in [0.717, 1.165) is 0 Å². The van der Waals surface area contributed by atoms with Crippen LogP contribution in [0.1, 0.15) is 18.4 Å². The lowest BCUT2D eigenvalue weighted by molar-refractivity contribution is 0.726. The second-order valence-electron chi connectivity index (χ2n) is 2.97. The summed E-state index contributed by atoms with van der Waals surface area (Å²) in [5.41, 5.74) is 7.55. The number of hydrogen-bond acceptors (Lipinski definition) is 2. The molecule has 0 spiro atoms. The first-order chi connectivity index (χ1) is 5.38. The quantitative estimate of drug-likeness (QED) is 0.619. The molecule has 1 aliphatic heterocycles. The average Bonchev–Trinajstić information content (AvgIpc) is 2.87. The minimum absolute atomic E-state index is 0.484. The van der Waals surface area contributed by atoms with Crippen LogP contribution in [0, 0.1) is 0 Å². The molecule has 0 bridgehead atoms. The number of nitrogens with one attached hydrogen (secondary N) is 2. The summed E-state index contributed by atoms with van der Waals surface area (Å²) in [4.78, 5) is 0. The summed E-state index contributed by atoms with van der Waals surface area (Å²) in [6, 6.07) is 10.5. The fourth-order valence-electron chi connectivity index (χ4n) is 1.25. The Hall–Kier alpha value is -0.860. The van der Waals surface area contributed by atoms with E-state index in [1.807, 2.05) is 6.07 Å². The molecule has 2 rings (SSSR count). The van der Waals surface area contributed by atoms with Gasteiger partial charge in [-0.3, -0.25) is 0 Å². The maximum absolute atomic E-state index is 3.08. The summed E-state index contributed by atoms with van der Waals surface area (Å²) in [6.07, 6.45) is 0.484. The highest BCUT2D eigenvalue weighted by molar-refractivity contribution is 5.21. The minimum atomic E-state index is 0.484.